The molecule has 21 heavy (non-hydrogen) atoms. The molecule has 1 amide bonds. The number of nitrogens with zero attached hydrogens (tertiary/aromatic N) is 1. The number of benzene rings is 2. The molecule has 1 N–H and O–H groups in total. The van der Waals surface area contributed by atoms with Crippen molar-refractivity contribution in [2.24, 2.45) is 0 Å². The van der Waals surface area contributed by atoms with Gasteiger partial charge in [0.05, 0.1) is 16.2 Å². The van der Waals surface area contributed by atoms with E-state index in [0.717, 1.165) is 5.39 Å². The summed E-state index contributed by atoms with van der Waals surface area (Å²) in [5.41, 5.74) is 1.44. The lowest BCUT2D eigenvalue weighted by Crippen LogP contribution is -2.12. The molecular weight excluding hydrogens is 291 g/mol. The molecule has 0 spiro atoms. The normalized spacial score (nSPS) is 10.6. The Balaban J connectivity index is 1.99. The second kappa shape index (κ2) is 5.50. The van der Waals surface area contributed by atoms with Crippen LogP contribution in [-0.4, -0.2) is 10.9 Å². The lowest BCUT2D eigenvalue weighted by atomic mass is 10.1. The zero-order chi connectivity index (χ0) is 14.8. The molecule has 0 fully saturated rings. The number of para-hydroxylation sites is 1. The van der Waals surface area contributed by atoms with E-state index < -0.39 is 5.82 Å². The van der Waals surface area contributed by atoms with Gasteiger partial charge in [0, 0.05) is 17.1 Å². The Morgan fingerprint density at radius 3 is 2.76 bits per heavy atom. The number of carbonyl (C=O) groups is 1. The number of hydrogen-bond donors (Lipinski definition) is 1. The topological polar surface area (TPSA) is 42.0 Å². The van der Waals surface area contributed by atoms with Gasteiger partial charge in [-0.2, -0.15) is 0 Å². The van der Waals surface area contributed by atoms with E-state index in [2.05, 4.69) is 10.3 Å². The highest BCUT2D eigenvalue weighted by Crippen LogP contribution is 2.27. The highest BCUT2D eigenvalue weighted by atomic mass is 35.5. The van der Waals surface area contributed by atoms with Crippen molar-refractivity contribution < 1.29 is 9.18 Å². The average Bonchev–Trinajstić information content (AvgIpc) is 2.48. The summed E-state index contributed by atoms with van der Waals surface area (Å²) in [4.78, 5) is 16.4. The fraction of sp³-hybridized carbons (Fsp3) is 0. The molecule has 0 saturated carbocycles. The Hall–Kier alpha value is -2.46. The van der Waals surface area contributed by atoms with Gasteiger partial charge in [-0.3, -0.25) is 9.78 Å². The van der Waals surface area contributed by atoms with Crippen LogP contribution in [0.3, 0.4) is 0 Å². The van der Waals surface area contributed by atoms with E-state index in [1.165, 1.54) is 18.2 Å². The molecule has 5 heteroatoms. The van der Waals surface area contributed by atoms with Crippen molar-refractivity contribution in [2.75, 3.05) is 5.32 Å². The van der Waals surface area contributed by atoms with E-state index in [0.29, 0.717) is 16.2 Å². The summed E-state index contributed by atoms with van der Waals surface area (Å²) in [6, 6.07) is 12.5. The number of anilines is 1. The Labute approximate surface area is 125 Å². The largest absolute Gasteiger partial charge is 0.321 e. The number of aromatic nitrogens is 1. The number of amides is 1. The molecule has 0 aliphatic heterocycles. The first-order chi connectivity index (χ1) is 10.1. The Bertz CT molecular complexity index is 835. The highest BCUT2D eigenvalue weighted by molar-refractivity contribution is 6.35. The zero-order valence-corrected chi connectivity index (χ0v) is 11.6. The summed E-state index contributed by atoms with van der Waals surface area (Å²) in [7, 11) is 0. The van der Waals surface area contributed by atoms with Gasteiger partial charge in [0.2, 0.25) is 0 Å². The molecule has 3 rings (SSSR count). The van der Waals surface area contributed by atoms with Crippen molar-refractivity contribution in [3.63, 3.8) is 0 Å². The molecule has 0 aliphatic carbocycles. The van der Waals surface area contributed by atoms with Gasteiger partial charge >= 0.3 is 0 Å². The van der Waals surface area contributed by atoms with Crippen LogP contribution in [0.25, 0.3) is 10.9 Å². The maximum absolute atomic E-state index is 13.2. The second-order valence-electron chi connectivity index (χ2n) is 4.46. The Morgan fingerprint density at radius 2 is 1.95 bits per heavy atom. The van der Waals surface area contributed by atoms with E-state index in [-0.39, 0.29) is 11.5 Å². The van der Waals surface area contributed by atoms with E-state index in [9.17, 15) is 9.18 Å². The molecule has 0 bridgehead atoms. The standard InChI is InChI=1S/C16H10ClFN2O/c17-13-6-2-5-12-14(7-8-19-15(12)13)20-16(21)10-3-1-4-11(18)9-10/h1-9H,(H,19,20,21). The monoisotopic (exact) mass is 300 g/mol. The lowest BCUT2D eigenvalue weighted by Gasteiger charge is -2.09. The first-order valence-corrected chi connectivity index (χ1v) is 6.63. The van der Waals surface area contributed by atoms with Gasteiger partial charge in [0.1, 0.15) is 5.82 Å². The highest BCUT2D eigenvalue weighted by Gasteiger charge is 2.10. The molecule has 1 heterocycles. The Morgan fingerprint density at radius 1 is 1.14 bits per heavy atom. The van der Waals surface area contributed by atoms with Gasteiger partial charge in [0.15, 0.2) is 0 Å². The first kappa shape index (κ1) is 13.5. The summed E-state index contributed by atoms with van der Waals surface area (Å²) < 4.78 is 13.2. The van der Waals surface area contributed by atoms with Crippen LogP contribution >= 0.6 is 11.6 Å². The molecule has 0 aliphatic rings. The second-order valence-corrected chi connectivity index (χ2v) is 4.87. The van der Waals surface area contributed by atoms with Crippen LogP contribution in [0.2, 0.25) is 5.02 Å². The minimum absolute atomic E-state index is 0.252. The molecule has 3 aromatic rings. The number of pyridine rings is 1. The zero-order valence-electron chi connectivity index (χ0n) is 10.8. The number of fused-ring (bicyclic) bond motifs is 1. The van der Waals surface area contributed by atoms with E-state index in [1.807, 2.05) is 6.07 Å². The van der Waals surface area contributed by atoms with Crippen LogP contribution in [0.1, 0.15) is 10.4 Å². The minimum atomic E-state index is -0.453. The SMILES string of the molecule is O=C(Nc1ccnc2c(Cl)cccc12)c1cccc(F)c1. The van der Waals surface area contributed by atoms with E-state index in [1.54, 1.807) is 30.5 Å². The fourth-order valence-electron chi connectivity index (χ4n) is 2.07. The van der Waals surface area contributed by atoms with E-state index >= 15 is 0 Å². The Kier molecular flexibility index (Phi) is 3.54. The third-order valence-corrected chi connectivity index (χ3v) is 3.36. The average molecular weight is 301 g/mol. The van der Waals surface area contributed by atoms with Crippen molar-refractivity contribution in [1.82, 2.24) is 4.98 Å². The van der Waals surface area contributed by atoms with Gasteiger partial charge in [-0.1, -0.05) is 29.8 Å². The number of halogens is 2. The van der Waals surface area contributed by atoms with Crippen molar-refractivity contribution in [1.29, 1.82) is 0 Å². The van der Waals surface area contributed by atoms with Crippen molar-refractivity contribution in [3.05, 3.63) is 71.1 Å². The molecule has 2 aromatic carbocycles. The number of nitrogens with one attached hydrogen (secondary N) is 1. The fourth-order valence-corrected chi connectivity index (χ4v) is 2.30. The van der Waals surface area contributed by atoms with Crippen molar-refractivity contribution >= 4 is 34.1 Å². The summed E-state index contributed by atoms with van der Waals surface area (Å²) in [5, 5.41) is 3.99. The molecule has 0 unspecified atom stereocenters. The minimum Gasteiger partial charge on any atom is -0.321 e. The third-order valence-electron chi connectivity index (χ3n) is 3.06. The summed E-state index contributed by atoms with van der Waals surface area (Å²) in [5.74, 6) is -0.841. The first-order valence-electron chi connectivity index (χ1n) is 6.25. The molecule has 3 nitrogen and oxygen atoms in total. The maximum atomic E-state index is 13.2. The molecule has 1 aromatic heterocycles. The van der Waals surface area contributed by atoms with Crippen molar-refractivity contribution in [3.8, 4) is 0 Å². The maximum Gasteiger partial charge on any atom is 0.255 e. The van der Waals surface area contributed by atoms with Crippen LogP contribution < -0.4 is 5.32 Å². The molecule has 104 valence electrons. The molecule has 0 saturated heterocycles. The van der Waals surface area contributed by atoms with E-state index in [4.69, 9.17) is 11.6 Å². The number of hydrogen-bond acceptors (Lipinski definition) is 2. The van der Waals surface area contributed by atoms with Gasteiger partial charge in [0.25, 0.3) is 5.91 Å². The van der Waals surface area contributed by atoms with Crippen LogP contribution in [0.5, 0.6) is 0 Å². The number of rotatable bonds is 2. The molecule has 0 atom stereocenters. The predicted octanol–water partition coefficient (Wildman–Crippen LogP) is 4.28. The summed E-state index contributed by atoms with van der Waals surface area (Å²) >= 11 is 6.08. The van der Waals surface area contributed by atoms with Gasteiger partial charge in [-0.25, -0.2) is 4.39 Å². The van der Waals surface area contributed by atoms with Crippen LogP contribution in [-0.2, 0) is 0 Å². The summed E-state index contributed by atoms with van der Waals surface area (Å²) in [6.45, 7) is 0. The van der Waals surface area contributed by atoms with Crippen LogP contribution in [0.4, 0.5) is 10.1 Å². The van der Waals surface area contributed by atoms with Gasteiger partial charge in [-0.05, 0) is 30.3 Å². The smallest absolute Gasteiger partial charge is 0.255 e. The van der Waals surface area contributed by atoms with Gasteiger partial charge in [-0.15, -0.1) is 0 Å². The predicted molar refractivity (Wildman–Crippen MR) is 81.1 cm³/mol. The lowest BCUT2D eigenvalue weighted by molar-refractivity contribution is 0.102. The molecule has 0 radical (unpaired) electrons. The summed E-state index contributed by atoms with van der Waals surface area (Å²) in [6.07, 6.45) is 1.56. The van der Waals surface area contributed by atoms with Crippen LogP contribution in [0, 0.1) is 5.82 Å². The van der Waals surface area contributed by atoms with Gasteiger partial charge < -0.3 is 5.32 Å². The quantitative estimate of drug-likeness (QED) is 0.767. The molecular formula is C16H10ClFN2O. The van der Waals surface area contributed by atoms with Crippen molar-refractivity contribution in [2.45, 2.75) is 0 Å². The number of carbonyl (C=O) groups excluding carboxylic acids is 1. The van der Waals surface area contributed by atoms with Crippen LogP contribution in [0.15, 0.2) is 54.7 Å². The third kappa shape index (κ3) is 2.71.